The average Bonchev–Trinajstić information content (AvgIpc) is 3.17. The number of aromatic nitrogens is 3. The molecule has 8 heteroatoms. The lowest BCUT2D eigenvalue weighted by Crippen LogP contribution is -2.15. The van der Waals surface area contributed by atoms with Gasteiger partial charge in [-0.05, 0) is 38.1 Å². The van der Waals surface area contributed by atoms with E-state index in [1.54, 1.807) is 14.0 Å². The maximum Gasteiger partial charge on any atom is 0.230 e. The van der Waals surface area contributed by atoms with Gasteiger partial charge < -0.3 is 14.6 Å². The van der Waals surface area contributed by atoms with Crippen molar-refractivity contribution in [1.82, 2.24) is 14.5 Å². The molecule has 2 heterocycles. The molecule has 0 fully saturated rings. The molecule has 1 N–H and O–H groups in total. The molecule has 3 aromatic rings. The summed E-state index contributed by atoms with van der Waals surface area (Å²) in [6.45, 7) is 3.60. The van der Waals surface area contributed by atoms with Crippen LogP contribution >= 0.6 is 11.5 Å². The second-order valence-corrected chi connectivity index (χ2v) is 5.93. The summed E-state index contributed by atoms with van der Waals surface area (Å²) in [5.74, 6) is 1.80. The first-order valence-electron chi connectivity index (χ1n) is 7.26. The average molecular weight is 344 g/mol. The highest BCUT2D eigenvalue weighted by atomic mass is 32.1. The van der Waals surface area contributed by atoms with E-state index in [2.05, 4.69) is 19.8 Å². The summed E-state index contributed by atoms with van der Waals surface area (Å²) in [7, 11) is 1.61. The highest BCUT2D eigenvalue weighted by molar-refractivity contribution is 7.10. The van der Waals surface area contributed by atoms with Crippen molar-refractivity contribution in [2.75, 3.05) is 12.4 Å². The molecule has 0 aliphatic heterocycles. The van der Waals surface area contributed by atoms with E-state index in [4.69, 9.17) is 9.26 Å². The fraction of sp³-hybridized carbons (Fsp3) is 0.250. The molecule has 0 bridgehead atoms. The Morgan fingerprint density at radius 1 is 1.29 bits per heavy atom. The molecule has 0 saturated carbocycles. The monoisotopic (exact) mass is 344 g/mol. The number of aryl methyl sites for hydroxylation is 2. The molecular weight excluding hydrogens is 328 g/mol. The van der Waals surface area contributed by atoms with Crippen molar-refractivity contribution >= 4 is 22.6 Å². The second-order valence-electron chi connectivity index (χ2n) is 5.18. The largest absolute Gasteiger partial charge is 0.497 e. The van der Waals surface area contributed by atoms with Crippen LogP contribution in [0.25, 0.3) is 11.4 Å². The molecule has 0 spiro atoms. The molecule has 0 saturated heterocycles. The van der Waals surface area contributed by atoms with Gasteiger partial charge in [0.2, 0.25) is 11.0 Å². The number of benzene rings is 1. The van der Waals surface area contributed by atoms with E-state index < -0.39 is 0 Å². The number of carbonyl (C=O) groups excluding carboxylic acids is 1. The smallest absolute Gasteiger partial charge is 0.230 e. The molecule has 0 unspecified atom stereocenters. The van der Waals surface area contributed by atoms with E-state index >= 15 is 0 Å². The Balaban J connectivity index is 1.68. The van der Waals surface area contributed by atoms with Crippen molar-refractivity contribution in [3.05, 3.63) is 41.3 Å². The van der Waals surface area contributed by atoms with Crippen LogP contribution in [-0.4, -0.2) is 27.5 Å². The number of methoxy groups -OCH3 is 1. The Morgan fingerprint density at radius 3 is 2.67 bits per heavy atom. The van der Waals surface area contributed by atoms with E-state index in [9.17, 15) is 4.79 Å². The van der Waals surface area contributed by atoms with Crippen LogP contribution in [0.15, 0.2) is 28.8 Å². The number of hydrogen-bond donors (Lipinski definition) is 1. The molecule has 24 heavy (non-hydrogen) atoms. The highest BCUT2D eigenvalue weighted by Gasteiger charge is 2.15. The SMILES string of the molecule is COc1ccc(-c2nsc(NC(=O)Cc3c(C)noc3C)n2)cc1. The van der Waals surface area contributed by atoms with Crippen molar-refractivity contribution in [2.45, 2.75) is 20.3 Å². The third-order valence-corrected chi connectivity index (χ3v) is 4.17. The summed E-state index contributed by atoms with van der Waals surface area (Å²) in [5.41, 5.74) is 2.38. The van der Waals surface area contributed by atoms with Crippen LogP contribution in [0.1, 0.15) is 17.0 Å². The summed E-state index contributed by atoms with van der Waals surface area (Å²) in [6.07, 6.45) is 0.193. The van der Waals surface area contributed by atoms with Crippen LogP contribution in [0, 0.1) is 13.8 Å². The zero-order valence-corrected chi connectivity index (χ0v) is 14.3. The number of amides is 1. The highest BCUT2D eigenvalue weighted by Crippen LogP contribution is 2.23. The third kappa shape index (κ3) is 3.43. The third-order valence-electron chi connectivity index (χ3n) is 3.54. The number of anilines is 1. The van der Waals surface area contributed by atoms with Crippen molar-refractivity contribution in [3.8, 4) is 17.1 Å². The molecular formula is C16H16N4O3S. The number of hydrogen-bond acceptors (Lipinski definition) is 7. The van der Waals surface area contributed by atoms with Gasteiger partial charge in [0.25, 0.3) is 0 Å². The number of nitrogens with one attached hydrogen (secondary N) is 1. The lowest BCUT2D eigenvalue weighted by atomic mass is 10.1. The number of carbonyl (C=O) groups is 1. The van der Waals surface area contributed by atoms with Crippen LogP contribution < -0.4 is 10.1 Å². The van der Waals surface area contributed by atoms with E-state index in [1.807, 2.05) is 31.2 Å². The molecule has 3 rings (SSSR count). The summed E-state index contributed by atoms with van der Waals surface area (Å²) in [5, 5.41) is 7.06. The van der Waals surface area contributed by atoms with E-state index in [1.165, 1.54) is 0 Å². The van der Waals surface area contributed by atoms with Crippen molar-refractivity contribution in [2.24, 2.45) is 0 Å². The maximum atomic E-state index is 12.2. The molecule has 0 aliphatic rings. The van der Waals surface area contributed by atoms with Gasteiger partial charge in [-0.15, -0.1) is 0 Å². The minimum absolute atomic E-state index is 0.179. The van der Waals surface area contributed by atoms with Gasteiger partial charge in [-0.3, -0.25) is 4.79 Å². The molecule has 0 aliphatic carbocycles. The first-order chi connectivity index (χ1) is 11.6. The van der Waals surface area contributed by atoms with Crippen molar-refractivity contribution < 1.29 is 14.1 Å². The number of ether oxygens (including phenoxy) is 1. The molecule has 7 nitrogen and oxygen atoms in total. The Labute approximate surface area is 142 Å². The molecule has 0 atom stereocenters. The first-order valence-corrected chi connectivity index (χ1v) is 8.04. The fourth-order valence-corrected chi connectivity index (χ4v) is 2.82. The van der Waals surface area contributed by atoms with Gasteiger partial charge in [0.1, 0.15) is 11.5 Å². The molecule has 124 valence electrons. The zero-order valence-electron chi connectivity index (χ0n) is 13.5. The van der Waals surface area contributed by atoms with Crippen molar-refractivity contribution in [3.63, 3.8) is 0 Å². The van der Waals surface area contributed by atoms with Crippen LogP contribution in [0.3, 0.4) is 0 Å². The summed E-state index contributed by atoms with van der Waals surface area (Å²) >= 11 is 1.14. The van der Waals surface area contributed by atoms with Gasteiger partial charge in [-0.25, -0.2) is 0 Å². The minimum atomic E-state index is -0.179. The Hall–Kier alpha value is -2.74. The van der Waals surface area contributed by atoms with Crippen LogP contribution in [0.5, 0.6) is 5.75 Å². The van der Waals surface area contributed by atoms with Crippen LogP contribution in [-0.2, 0) is 11.2 Å². The van der Waals surface area contributed by atoms with Gasteiger partial charge in [-0.1, -0.05) is 5.16 Å². The van der Waals surface area contributed by atoms with Crippen molar-refractivity contribution in [1.29, 1.82) is 0 Å². The van der Waals surface area contributed by atoms with E-state index in [0.717, 1.165) is 34.1 Å². The molecule has 1 amide bonds. The van der Waals surface area contributed by atoms with E-state index in [0.29, 0.717) is 16.7 Å². The van der Waals surface area contributed by atoms with Gasteiger partial charge in [-0.2, -0.15) is 9.36 Å². The topological polar surface area (TPSA) is 90.1 Å². The Bertz CT molecular complexity index is 835. The molecule has 1 aromatic carbocycles. The zero-order chi connectivity index (χ0) is 17.1. The fourth-order valence-electron chi connectivity index (χ4n) is 2.21. The summed E-state index contributed by atoms with van der Waals surface area (Å²) < 4.78 is 14.5. The Kier molecular flexibility index (Phi) is 4.57. The summed E-state index contributed by atoms with van der Waals surface area (Å²) in [6, 6.07) is 7.42. The van der Waals surface area contributed by atoms with Gasteiger partial charge in [0.05, 0.1) is 19.2 Å². The predicted molar refractivity (Wildman–Crippen MR) is 90.2 cm³/mol. The van der Waals surface area contributed by atoms with Gasteiger partial charge in [0, 0.05) is 22.7 Å². The lowest BCUT2D eigenvalue weighted by Gasteiger charge is -2.01. The van der Waals surface area contributed by atoms with Crippen LogP contribution in [0.2, 0.25) is 0 Å². The quantitative estimate of drug-likeness (QED) is 0.765. The number of nitrogens with zero attached hydrogens (tertiary/aromatic N) is 3. The minimum Gasteiger partial charge on any atom is -0.497 e. The standard InChI is InChI=1S/C16H16N4O3S/c1-9-13(10(2)23-19-9)8-14(21)17-16-18-15(20-24-16)11-4-6-12(22-3)7-5-11/h4-7H,8H2,1-3H3,(H,17,18,20,21). The summed E-state index contributed by atoms with van der Waals surface area (Å²) in [4.78, 5) is 16.5. The first kappa shape index (κ1) is 16.1. The van der Waals surface area contributed by atoms with Gasteiger partial charge >= 0.3 is 0 Å². The molecule has 0 radical (unpaired) electrons. The predicted octanol–water partition coefficient (Wildman–Crippen LogP) is 3.00. The van der Waals surface area contributed by atoms with Crippen LogP contribution in [0.4, 0.5) is 5.13 Å². The molecule has 2 aromatic heterocycles. The normalized spacial score (nSPS) is 10.6. The lowest BCUT2D eigenvalue weighted by molar-refractivity contribution is -0.115. The van der Waals surface area contributed by atoms with E-state index in [-0.39, 0.29) is 12.3 Å². The maximum absolute atomic E-state index is 12.2. The Morgan fingerprint density at radius 2 is 2.04 bits per heavy atom. The van der Waals surface area contributed by atoms with Gasteiger partial charge in [0.15, 0.2) is 5.82 Å². The second kappa shape index (κ2) is 6.79. The number of rotatable bonds is 5.